The standard InChI is InChI=1S/C18H21FN2O3S/c1-21(25(22,23)18-4-2-3-14(19)13-18)15-5-7-16(8-6-15)24-17-9-11-20-12-10-17/h2-8,13,17,20H,9-12H2,1H3. The third-order valence-electron chi connectivity index (χ3n) is 4.24. The summed E-state index contributed by atoms with van der Waals surface area (Å²) >= 11 is 0. The van der Waals surface area contributed by atoms with Gasteiger partial charge in [0.25, 0.3) is 10.0 Å². The van der Waals surface area contributed by atoms with Crippen LogP contribution in [0.1, 0.15) is 12.8 Å². The molecule has 1 saturated heterocycles. The number of ether oxygens (including phenoxy) is 1. The molecule has 0 aliphatic carbocycles. The Morgan fingerprint density at radius 2 is 1.80 bits per heavy atom. The van der Waals surface area contributed by atoms with Crippen molar-refractivity contribution in [2.45, 2.75) is 23.8 Å². The lowest BCUT2D eigenvalue weighted by atomic mass is 10.1. The van der Waals surface area contributed by atoms with Crippen molar-refractivity contribution in [3.8, 4) is 5.75 Å². The summed E-state index contributed by atoms with van der Waals surface area (Å²) in [4.78, 5) is -0.0787. The molecule has 0 atom stereocenters. The third-order valence-corrected chi connectivity index (χ3v) is 6.03. The molecule has 1 aliphatic rings. The summed E-state index contributed by atoms with van der Waals surface area (Å²) < 4.78 is 45.6. The highest BCUT2D eigenvalue weighted by atomic mass is 32.2. The Hall–Kier alpha value is -2.12. The highest BCUT2D eigenvalue weighted by molar-refractivity contribution is 7.92. The molecule has 7 heteroatoms. The molecule has 0 amide bonds. The molecular weight excluding hydrogens is 343 g/mol. The molecule has 1 fully saturated rings. The predicted molar refractivity (Wildman–Crippen MR) is 95.0 cm³/mol. The van der Waals surface area contributed by atoms with Crippen LogP contribution in [0.25, 0.3) is 0 Å². The second-order valence-corrected chi connectivity index (χ2v) is 7.96. The smallest absolute Gasteiger partial charge is 0.264 e. The molecule has 134 valence electrons. The lowest BCUT2D eigenvalue weighted by Crippen LogP contribution is -2.34. The van der Waals surface area contributed by atoms with E-state index in [0.29, 0.717) is 11.4 Å². The van der Waals surface area contributed by atoms with Gasteiger partial charge >= 0.3 is 0 Å². The molecule has 5 nitrogen and oxygen atoms in total. The summed E-state index contributed by atoms with van der Waals surface area (Å²) in [5, 5.41) is 3.28. The molecule has 0 saturated carbocycles. The van der Waals surface area contributed by atoms with E-state index < -0.39 is 15.8 Å². The van der Waals surface area contributed by atoms with Gasteiger partial charge in [0.2, 0.25) is 0 Å². The Balaban J connectivity index is 1.74. The first-order valence-electron chi connectivity index (χ1n) is 8.19. The Bertz CT molecular complexity index is 818. The maximum Gasteiger partial charge on any atom is 0.264 e. The Morgan fingerprint density at radius 1 is 1.12 bits per heavy atom. The van der Waals surface area contributed by atoms with Crippen LogP contribution in [0.5, 0.6) is 5.75 Å². The number of halogens is 1. The van der Waals surface area contributed by atoms with Gasteiger partial charge < -0.3 is 10.1 Å². The lowest BCUT2D eigenvalue weighted by molar-refractivity contribution is 0.162. The number of hydrogen-bond acceptors (Lipinski definition) is 4. The van der Waals surface area contributed by atoms with E-state index in [9.17, 15) is 12.8 Å². The van der Waals surface area contributed by atoms with Crippen LogP contribution >= 0.6 is 0 Å². The van der Waals surface area contributed by atoms with E-state index in [4.69, 9.17) is 4.74 Å². The van der Waals surface area contributed by atoms with E-state index in [-0.39, 0.29) is 11.0 Å². The van der Waals surface area contributed by atoms with E-state index in [2.05, 4.69) is 5.32 Å². The molecule has 0 bridgehead atoms. The molecule has 1 N–H and O–H groups in total. The van der Waals surface area contributed by atoms with Crippen LogP contribution in [0.15, 0.2) is 53.4 Å². The molecule has 2 aromatic rings. The van der Waals surface area contributed by atoms with Crippen LogP contribution in [0.2, 0.25) is 0 Å². The first kappa shape index (κ1) is 17.7. The topological polar surface area (TPSA) is 58.6 Å². The molecular formula is C18H21FN2O3S. The predicted octanol–water partition coefficient (Wildman–Crippen LogP) is 2.78. The van der Waals surface area contributed by atoms with Crippen molar-refractivity contribution in [1.82, 2.24) is 5.32 Å². The molecule has 2 aromatic carbocycles. The number of hydrogen-bond donors (Lipinski definition) is 1. The zero-order valence-corrected chi connectivity index (χ0v) is 14.8. The normalized spacial score (nSPS) is 15.8. The Kier molecular flexibility index (Phi) is 5.24. The summed E-state index contributed by atoms with van der Waals surface area (Å²) in [6, 6.07) is 11.9. The van der Waals surface area contributed by atoms with Crippen LogP contribution in [0.3, 0.4) is 0 Å². The van der Waals surface area contributed by atoms with Gasteiger partial charge in [0.1, 0.15) is 17.7 Å². The van der Waals surface area contributed by atoms with Crippen LogP contribution in [-0.2, 0) is 10.0 Å². The van der Waals surface area contributed by atoms with E-state index in [1.807, 2.05) is 0 Å². The average molecular weight is 364 g/mol. The van der Waals surface area contributed by atoms with Gasteiger partial charge in [0, 0.05) is 7.05 Å². The van der Waals surface area contributed by atoms with Crippen LogP contribution < -0.4 is 14.4 Å². The summed E-state index contributed by atoms with van der Waals surface area (Å²) in [5.41, 5.74) is 0.488. The first-order chi connectivity index (χ1) is 12.0. The van der Waals surface area contributed by atoms with Gasteiger partial charge in [0.15, 0.2) is 0 Å². The molecule has 25 heavy (non-hydrogen) atoms. The zero-order valence-electron chi connectivity index (χ0n) is 14.0. The number of nitrogens with one attached hydrogen (secondary N) is 1. The van der Waals surface area contributed by atoms with Crippen LogP contribution in [0, 0.1) is 5.82 Å². The van der Waals surface area contributed by atoms with Gasteiger partial charge in [-0.3, -0.25) is 4.31 Å². The number of nitrogens with zero attached hydrogens (tertiary/aromatic N) is 1. The van der Waals surface area contributed by atoms with E-state index in [1.165, 1.54) is 25.2 Å². The van der Waals surface area contributed by atoms with E-state index >= 15 is 0 Å². The molecule has 0 aromatic heterocycles. The summed E-state index contributed by atoms with van der Waals surface area (Å²) in [6.07, 6.45) is 2.09. The Morgan fingerprint density at radius 3 is 2.44 bits per heavy atom. The maximum absolute atomic E-state index is 13.3. The number of benzene rings is 2. The SMILES string of the molecule is CN(c1ccc(OC2CCNCC2)cc1)S(=O)(=O)c1cccc(F)c1. The molecule has 0 unspecified atom stereocenters. The zero-order chi connectivity index (χ0) is 17.9. The first-order valence-corrected chi connectivity index (χ1v) is 9.63. The van der Waals surface area contributed by atoms with Gasteiger partial charge in [-0.25, -0.2) is 12.8 Å². The summed E-state index contributed by atoms with van der Waals surface area (Å²) in [7, 11) is -2.36. The molecule has 0 spiro atoms. The largest absolute Gasteiger partial charge is 0.490 e. The minimum Gasteiger partial charge on any atom is -0.490 e. The number of rotatable bonds is 5. The fraction of sp³-hybridized carbons (Fsp3) is 0.333. The molecule has 0 radical (unpaired) electrons. The molecule has 1 heterocycles. The van der Waals surface area contributed by atoms with Crippen molar-refractivity contribution in [1.29, 1.82) is 0 Å². The van der Waals surface area contributed by atoms with Crippen molar-refractivity contribution >= 4 is 15.7 Å². The van der Waals surface area contributed by atoms with Gasteiger partial charge in [-0.2, -0.15) is 0 Å². The highest BCUT2D eigenvalue weighted by Gasteiger charge is 2.22. The van der Waals surface area contributed by atoms with Crippen molar-refractivity contribution in [3.05, 3.63) is 54.3 Å². The fourth-order valence-corrected chi connectivity index (χ4v) is 3.99. The minimum atomic E-state index is -3.81. The van der Waals surface area contributed by atoms with Gasteiger partial charge in [-0.15, -0.1) is 0 Å². The molecule has 1 aliphatic heterocycles. The van der Waals surface area contributed by atoms with Gasteiger partial charge in [-0.1, -0.05) is 6.07 Å². The summed E-state index contributed by atoms with van der Waals surface area (Å²) in [6.45, 7) is 1.88. The summed E-state index contributed by atoms with van der Waals surface area (Å²) in [5.74, 6) is 0.132. The van der Waals surface area contributed by atoms with Crippen molar-refractivity contribution in [3.63, 3.8) is 0 Å². The lowest BCUT2D eigenvalue weighted by Gasteiger charge is -2.24. The third kappa shape index (κ3) is 4.11. The average Bonchev–Trinajstić information content (AvgIpc) is 2.62. The molecule has 3 rings (SSSR count). The number of piperidine rings is 1. The minimum absolute atomic E-state index is 0.0787. The maximum atomic E-state index is 13.3. The van der Waals surface area contributed by atoms with Gasteiger partial charge in [0.05, 0.1) is 10.6 Å². The van der Waals surface area contributed by atoms with Crippen molar-refractivity contribution < 1.29 is 17.5 Å². The number of anilines is 1. The van der Waals surface area contributed by atoms with Gasteiger partial charge in [-0.05, 0) is 68.4 Å². The van der Waals surface area contributed by atoms with E-state index in [1.54, 1.807) is 24.3 Å². The van der Waals surface area contributed by atoms with Crippen molar-refractivity contribution in [2.75, 3.05) is 24.4 Å². The van der Waals surface area contributed by atoms with Crippen LogP contribution in [-0.4, -0.2) is 34.7 Å². The van der Waals surface area contributed by atoms with E-state index in [0.717, 1.165) is 36.3 Å². The fourth-order valence-electron chi connectivity index (χ4n) is 2.76. The van der Waals surface area contributed by atoms with Crippen molar-refractivity contribution in [2.24, 2.45) is 0 Å². The van der Waals surface area contributed by atoms with Crippen LogP contribution in [0.4, 0.5) is 10.1 Å². The Labute approximate surface area is 147 Å². The second kappa shape index (κ2) is 7.41. The number of sulfonamides is 1. The monoisotopic (exact) mass is 364 g/mol. The highest BCUT2D eigenvalue weighted by Crippen LogP contribution is 2.25. The quantitative estimate of drug-likeness (QED) is 0.886. The second-order valence-electron chi connectivity index (χ2n) is 5.99.